The lowest BCUT2D eigenvalue weighted by Gasteiger charge is -2.05. The summed E-state index contributed by atoms with van der Waals surface area (Å²) in [5.74, 6) is 6.46. The highest BCUT2D eigenvalue weighted by atomic mass is 16.5. The Bertz CT molecular complexity index is 827. The Morgan fingerprint density at radius 1 is 1.29 bits per heavy atom. The van der Waals surface area contributed by atoms with E-state index in [0.29, 0.717) is 23.6 Å². The Labute approximate surface area is 121 Å². The number of rotatable bonds is 3. The largest absolute Gasteiger partial charge is 0.494 e. The standard InChI is InChI=1S/C15H12N5O/c1-3-5-14-16-10-13-15(17-14)20(19-18-13)11-6-8-12(9-7-11)21-4-2/h6-10H,1,4H2,2H3. The summed E-state index contributed by atoms with van der Waals surface area (Å²) in [7, 11) is 0. The summed E-state index contributed by atoms with van der Waals surface area (Å²) in [6.07, 6.45) is 1.60. The molecule has 0 fully saturated rings. The molecule has 0 spiro atoms. The second kappa shape index (κ2) is 5.59. The van der Waals surface area contributed by atoms with Crippen LogP contribution in [0, 0.1) is 18.8 Å². The van der Waals surface area contributed by atoms with Crippen molar-refractivity contribution in [3.8, 4) is 23.3 Å². The molecule has 1 aromatic carbocycles. The zero-order valence-corrected chi connectivity index (χ0v) is 11.4. The molecule has 1 radical (unpaired) electrons. The highest BCUT2D eigenvalue weighted by Crippen LogP contribution is 2.17. The maximum atomic E-state index is 5.42. The third kappa shape index (κ3) is 2.54. The predicted octanol–water partition coefficient (Wildman–Crippen LogP) is 1.79. The van der Waals surface area contributed by atoms with Crippen molar-refractivity contribution in [1.29, 1.82) is 0 Å². The van der Waals surface area contributed by atoms with Gasteiger partial charge in [0, 0.05) is 6.92 Å². The molecule has 0 unspecified atom stereocenters. The van der Waals surface area contributed by atoms with E-state index in [0.717, 1.165) is 11.4 Å². The van der Waals surface area contributed by atoms with Crippen molar-refractivity contribution < 1.29 is 4.74 Å². The van der Waals surface area contributed by atoms with Crippen molar-refractivity contribution in [2.45, 2.75) is 6.92 Å². The number of aromatic nitrogens is 5. The van der Waals surface area contributed by atoms with E-state index in [1.54, 1.807) is 10.9 Å². The molecule has 0 bridgehead atoms. The van der Waals surface area contributed by atoms with Gasteiger partial charge in [-0.25, -0.2) is 4.98 Å². The van der Waals surface area contributed by atoms with Crippen LogP contribution in [0.25, 0.3) is 16.9 Å². The highest BCUT2D eigenvalue weighted by molar-refractivity contribution is 5.71. The van der Waals surface area contributed by atoms with E-state index in [-0.39, 0.29) is 0 Å². The fraction of sp³-hybridized carbons (Fsp3) is 0.133. The minimum Gasteiger partial charge on any atom is -0.494 e. The lowest BCUT2D eigenvalue weighted by Crippen LogP contribution is -2.00. The minimum absolute atomic E-state index is 0.395. The lowest BCUT2D eigenvalue weighted by molar-refractivity contribution is 0.340. The zero-order valence-electron chi connectivity index (χ0n) is 11.4. The van der Waals surface area contributed by atoms with E-state index in [1.165, 1.54) is 0 Å². The Balaban J connectivity index is 2.06. The van der Waals surface area contributed by atoms with Crippen LogP contribution in [-0.4, -0.2) is 31.6 Å². The summed E-state index contributed by atoms with van der Waals surface area (Å²) in [6.45, 7) is 6.04. The second-order valence-electron chi connectivity index (χ2n) is 4.13. The van der Waals surface area contributed by atoms with E-state index in [2.05, 4.69) is 39.0 Å². The molecule has 6 heteroatoms. The number of ether oxygens (including phenoxy) is 1. The Morgan fingerprint density at radius 3 is 2.81 bits per heavy atom. The monoisotopic (exact) mass is 278 g/mol. The van der Waals surface area contributed by atoms with Gasteiger partial charge in [-0.3, -0.25) is 0 Å². The molecule has 2 heterocycles. The molecule has 0 aliphatic rings. The first-order valence-corrected chi connectivity index (χ1v) is 6.41. The first-order valence-electron chi connectivity index (χ1n) is 6.41. The molecular formula is C15H12N5O. The molecule has 0 aliphatic carbocycles. The van der Waals surface area contributed by atoms with E-state index in [4.69, 9.17) is 4.74 Å². The Morgan fingerprint density at radius 2 is 2.10 bits per heavy atom. The van der Waals surface area contributed by atoms with Crippen molar-refractivity contribution in [1.82, 2.24) is 25.0 Å². The maximum Gasteiger partial charge on any atom is 0.207 e. The van der Waals surface area contributed by atoms with Gasteiger partial charge < -0.3 is 4.74 Å². The van der Waals surface area contributed by atoms with Gasteiger partial charge in [-0.15, -0.1) is 5.10 Å². The molecule has 3 aromatic rings. The average molecular weight is 278 g/mol. The fourth-order valence-electron chi connectivity index (χ4n) is 1.89. The number of hydrogen-bond acceptors (Lipinski definition) is 5. The van der Waals surface area contributed by atoms with Crippen LogP contribution in [0.3, 0.4) is 0 Å². The van der Waals surface area contributed by atoms with Crippen LogP contribution in [0.15, 0.2) is 30.5 Å². The summed E-state index contributed by atoms with van der Waals surface area (Å²) in [6, 6.07) is 7.55. The average Bonchev–Trinajstić information content (AvgIpc) is 2.92. The molecule has 0 aliphatic heterocycles. The van der Waals surface area contributed by atoms with Gasteiger partial charge in [0.2, 0.25) is 5.82 Å². The van der Waals surface area contributed by atoms with Crippen LogP contribution in [0.4, 0.5) is 0 Å². The maximum absolute atomic E-state index is 5.42. The lowest BCUT2D eigenvalue weighted by atomic mass is 10.3. The number of nitrogens with zero attached hydrogens (tertiary/aromatic N) is 5. The van der Waals surface area contributed by atoms with Crippen molar-refractivity contribution >= 4 is 11.2 Å². The normalized spacial score (nSPS) is 10.2. The van der Waals surface area contributed by atoms with E-state index < -0.39 is 0 Å². The van der Waals surface area contributed by atoms with E-state index in [1.807, 2.05) is 31.2 Å². The third-order valence-electron chi connectivity index (χ3n) is 2.79. The molecule has 6 nitrogen and oxygen atoms in total. The molecule has 2 aromatic heterocycles. The molecular weight excluding hydrogens is 266 g/mol. The van der Waals surface area contributed by atoms with Crippen LogP contribution >= 0.6 is 0 Å². The van der Waals surface area contributed by atoms with Crippen molar-refractivity contribution in [2.75, 3.05) is 6.61 Å². The number of benzene rings is 1. The molecule has 21 heavy (non-hydrogen) atoms. The SMILES string of the molecule is [CH2]C#Cc1ncc2nnn(-c3ccc(OCC)cc3)c2n1. The van der Waals surface area contributed by atoms with Gasteiger partial charge in [0.05, 0.1) is 18.5 Å². The van der Waals surface area contributed by atoms with Crippen molar-refractivity contribution in [2.24, 2.45) is 0 Å². The van der Waals surface area contributed by atoms with Gasteiger partial charge in [-0.1, -0.05) is 11.1 Å². The van der Waals surface area contributed by atoms with Gasteiger partial charge in [-0.05, 0) is 37.1 Å². The molecule has 103 valence electrons. The second-order valence-corrected chi connectivity index (χ2v) is 4.13. The van der Waals surface area contributed by atoms with E-state index >= 15 is 0 Å². The summed E-state index contributed by atoms with van der Waals surface area (Å²) in [4.78, 5) is 8.42. The van der Waals surface area contributed by atoms with Gasteiger partial charge in [0.15, 0.2) is 11.2 Å². The molecule has 0 saturated heterocycles. The minimum atomic E-state index is 0.395. The first kappa shape index (κ1) is 13.1. The van der Waals surface area contributed by atoms with Crippen molar-refractivity contribution in [3.05, 3.63) is 43.2 Å². The Kier molecular flexibility index (Phi) is 3.48. The third-order valence-corrected chi connectivity index (χ3v) is 2.79. The smallest absolute Gasteiger partial charge is 0.207 e. The highest BCUT2D eigenvalue weighted by Gasteiger charge is 2.09. The van der Waals surface area contributed by atoms with Crippen molar-refractivity contribution in [3.63, 3.8) is 0 Å². The summed E-state index contributed by atoms with van der Waals surface area (Å²) in [5, 5.41) is 8.15. The number of fused-ring (bicyclic) bond motifs is 1. The van der Waals surface area contributed by atoms with Gasteiger partial charge >= 0.3 is 0 Å². The molecule has 3 rings (SSSR count). The van der Waals surface area contributed by atoms with Crippen LogP contribution in [-0.2, 0) is 0 Å². The quantitative estimate of drug-likeness (QED) is 0.683. The summed E-state index contributed by atoms with van der Waals surface area (Å²) >= 11 is 0. The molecule has 0 saturated carbocycles. The van der Waals surface area contributed by atoms with Crippen LogP contribution in [0.1, 0.15) is 12.7 Å². The molecule has 0 atom stereocenters. The van der Waals surface area contributed by atoms with Gasteiger partial charge in [0.25, 0.3) is 0 Å². The van der Waals surface area contributed by atoms with E-state index in [9.17, 15) is 0 Å². The fourth-order valence-corrected chi connectivity index (χ4v) is 1.89. The first-order chi connectivity index (χ1) is 10.3. The Hall–Kier alpha value is -2.94. The van der Waals surface area contributed by atoms with Crippen LogP contribution < -0.4 is 4.74 Å². The van der Waals surface area contributed by atoms with Crippen LogP contribution in [0.2, 0.25) is 0 Å². The molecule has 0 N–H and O–H groups in total. The zero-order chi connectivity index (χ0) is 14.7. The van der Waals surface area contributed by atoms with Gasteiger partial charge in [-0.2, -0.15) is 9.67 Å². The predicted molar refractivity (Wildman–Crippen MR) is 77.9 cm³/mol. The number of hydrogen-bond donors (Lipinski definition) is 0. The topological polar surface area (TPSA) is 65.7 Å². The molecule has 0 amide bonds. The van der Waals surface area contributed by atoms with Gasteiger partial charge in [0.1, 0.15) is 5.75 Å². The van der Waals surface area contributed by atoms with Crippen LogP contribution in [0.5, 0.6) is 5.75 Å². The summed E-state index contributed by atoms with van der Waals surface area (Å²) < 4.78 is 7.06. The summed E-state index contributed by atoms with van der Waals surface area (Å²) in [5.41, 5.74) is 2.05.